The van der Waals surface area contributed by atoms with Gasteiger partial charge in [-0.3, -0.25) is 4.79 Å². The van der Waals surface area contributed by atoms with Crippen LogP contribution in [0.15, 0.2) is 0 Å². The molecule has 0 heterocycles. The lowest BCUT2D eigenvalue weighted by molar-refractivity contribution is -0.193. The minimum absolute atomic E-state index is 0.119. The lowest BCUT2D eigenvalue weighted by atomic mass is 9.84. The van der Waals surface area contributed by atoms with Crippen molar-refractivity contribution < 1.29 is 19.1 Å². The maximum Gasteiger partial charge on any atom is 0.351 e. The van der Waals surface area contributed by atoms with E-state index >= 15 is 0 Å². The predicted octanol–water partition coefficient (Wildman–Crippen LogP) is 13.2. The first-order valence-electron chi connectivity index (χ1n) is 19.7. The van der Waals surface area contributed by atoms with Crippen LogP contribution in [-0.2, 0) is 19.1 Å². The first kappa shape index (κ1) is 42.9. The zero-order chi connectivity index (χ0) is 32.7. The summed E-state index contributed by atoms with van der Waals surface area (Å²) in [6, 6.07) is 0. The third-order valence-electron chi connectivity index (χ3n) is 9.30. The van der Waals surface area contributed by atoms with Crippen LogP contribution in [-0.4, -0.2) is 23.6 Å². The summed E-state index contributed by atoms with van der Waals surface area (Å²) in [6.07, 6.45) is 35.4. The Morgan fingerprint density at radius 3 is 1.11 bits per heavy atom. The van der Waals surface area contributed by atoms with Gasteiger partial charge < -0.3 is 9.47 Å². The van der Waals surface area contributed by atoms with E-state index in [2.05, 4.69) is 13.8 Å². The Kier molecular flexibility index (Phi) is 29.8. The minimum Gasteiger partial charge on any atom is -0.460 e. The summed E-state index contributed by atoms with van der Waals surface area (Å²) in [6.45, 7) is 12.3. The van der Waals surface area contributed by atoms with Crippen molar-refractivity contribution in [2.45, 2.75) is 239 Å². The molecule has 4 nitrogen and oxygen atoms in total. The summed E-state index contributed by atoms with van der Waals surface area (Å²) in [5, 5.41) is 0. The monoisotopic (exact) mass is 623 g/mol. The highest BCUT2D eigenvalue weighted by Gasteiger charge is 2.46. The molecule has 0 N–H and O–H groups in total. The van der Waals surface area contributed by atoms with Crippen molar-refractivity contribution >= 4 is 11.9 Å². The highest BCUT2D eigenvalue weighted by Crippen LogP contribution is 2.32. The van der Waals surface area contributed by atoms with Crippen molar-refractivity contribution in [3.8, 4) is 0 Å². The number of carbonyl (C=O) groups is 2. The maximum absolute atomic E-state index is 13.3. The third kappa shape index (κ3) is 24.2. The highest BCUT2D eigenvalue weighted by atomic mass is 16.6. The molecule has 262 valence electrons. The predicted molar refractivity (Wildman–Crippen MR) is 190 cm³/mol. The Morgan fingerprint density at radius 1 is 0.477 bits per heavy atom. The van der Waals surface area contributed by atoms with Gasteiger partial charge in [0.25, 0.3) is 0 Å². The van der Waals surface area contributed by atoms with E-state index in [-0.39, 0.29) is 24.0 Å². The molecule has 0 radical (unpaired) electrons. The molecule has 0 bridgehead atoms. The van der Waals surface area contributed by atoms with Crippen LogP contribution in [0.3, 0.4) is 0 Å². The van der Waals surface area contributed by atoms with E-state index in [1.165, 1.54) is 148 Å². The zero-order valence-corrected chi connectivity index (χ0v) is 30.8. The Bertz CT molecular complexity index is 643. The fourth-order valence-corrected chi connectivity index (χ4v) is 6.27. The highest BCUT2D eigenvalue weighted by molar-refractivity contribution is 5.84. The third-order valence-corrected chi connectivity index (χ3v) is 9.30. The van der Waals surface area contributed by atoms with Gasteiger partial charge in [0.2, 0.25) is 5.60 Å². The van der Waals surface area contributed by atoms with Crippen LogP contribution in [0.4, 0.5) is 0 Å². The molecular formula is C40H78O4. The van der Waals surface area contributed by atoms with Crippen molar-refractivity contribution in [3.63, 3.8) is 0 Å². The van der Waals surface area contributed by atoms with Gasteiger partial charge in [-0.2, -0.15) is 0 Å². The average Bonchev–Trinajstić information content (AvgIpc) is 2.98. The molecule has 0 fully saturated rings. The number of hydrogen-bond acceptors (Lipinski definition) is 4. The van der Waals surface area contributed by atoms with Gasteiger partial charge in [0, 0.05) is 12.3 Å². The van der Waals surface area contributed by atoms with E-state index in [0.29, 0.717) is 12.8 Å². The minimum atomic E-state index is -1.17. The molecule has 0 aliphatic rings. The van der Waals surface area contributed by atoms with Crippen LogP contribution in [0.25, 0.3) is 0 Å². The molecule has 44 heavy (non-hydrogen) atoms. The van der Waals surface area contributed by atoms with E-state index in [1.807, 2.05) is 27.7 Å². The number of hydrogen-bond donors (Lipinski definition) is 0. The van der Waals surface area contributed by atoms with Crippen LogP contribution >= 0.6 is 0 Å². The molecule has 0 amide bonds. The topological polar surface area (TPSA) is 52.6 Å². The first-order valence-corrected chi connectivity index (χ1v) is 19.7. The van der Waals surface area contributed by atoms with Crippen molar-refractivity contribution in [2.75, 3.05) is 0 Å². The van der Waals surface area contributed by atoms with E-state index in [4.69, 9.17) is 9.47 Å². The van der Waals surface area contributed by atoms with Gasteiger partial charge in [0.1, 0.15) is 0 Å². The summed E-state index contributed by atoms with van der Waals surface area (Å²) in [7, 11) is 0. The summed E-state index contributed by atoms with van der Waals surface area (Å²) in [5.41, 5.74) is -1.17. The van der Waals surface area contributed by atoms with Gasteiger partial charge in [-0.15, -0.1) is 0 Å². The molecule has 0 rings (SSSR count). The number of esters is 2. The van der Waals surface area contributed by atoms with Gasteiger partial charge in [-0.25, -0.2) is 4.79 Å². The smallest absolute Gasteiger partial charge is 0.351 e. The Labute approximate surface area is 276 Å². The SMILES string of the molecule is CCCCCCCCCCCCCCCCCC(=O)OC(CCCCCCCCCCCCCC)(C(=O)OC(C)C)C(C)C. The molecule has 4 heteroatoms. The zero-order valence-electron chi connectivity index (χ0n) is 30.8. The van der Waals surface area contributed by atoms with E-state index in [9.17, 15) is 9.59 Å². The molecular weight excluding hydrogens is 544 g/mol. The lowest BCUT2D eigenvalue weighted by Crippen LogP contribution is -2.49. The van der Waals surface area contributed by atoms with Crippen LogP contribution < -0.4 is 0 Å². The Balaban J connectivity index is 4.28. The van der Waals surface area contributed by atoms with Crippen molar-refractivity contribution in [1.29, 1.82) is 0 Å². The first-order chi connectivity index (χ1) is 21.3. The maximum atomic E-state index is 13.3. The van der Waals surface area contributed by atoms with Crippen molar-refractivity contribution in [1.82, 2.24) is 0 Å². The summed E-state index contributed by atoms with van der Waals surface area (Å²) < 4.78 is 11.7. The van der Waals surface area contributed by atoms with E-state index in [0.717, 1.165) is 25.7 Å². The number of unbranched alkanes of at least 4 members (excludes halogenated alkanes) is 25. The summed E-state index contributed by atoms with van der Waals surface area (Å²) in [5.74, 6) is -0.727. The molecule has 0 aliphatic heterocycles. The molecule has 0 aromatic heterocycles. The van der Waals surface area contributed by atoms with Gasteiger partial charge in [0.05, 0.1) is 6.10 Å². The summed E-state index contributed by atoms with van der Waals surface area (Å²) in [4.78, 5) is 26.3. The number of carbonyl (C=O) groups excluding carboxylic acids is 2. The average molecular weight is 623 g/mol. The van der Waals surface area contributed by atoms with Crippen molar-refractivity contribution in [3.05, 3.63) is 0 Å². The second kappa shape index (κ2) is 30.6. The second-order valence-corrected chi connectivity index (χ2v) is 14.3. The quantitative estimate of drug-likeness (QED) is 0.0539. The van der Waals surface area contributed by atoms with Gasteiger partial charge >= 0.3 is 11.9 Å². The molecule has 0 aromatic rings. The summed E-state index contributed by atoms with van der Waals surface area (Å²) >= 11 is 0. The molecule has 0 aromatic carbocycles. The lowest BCUT2D eigenvalue weighted by Gasteiger charge is -2.35. The Morgan fingerprint density at radius 2 is 0.795 bits per heavy atom. The fourth-order valence-electron chi connectivity index (χ4n) is 6.27. The Hall–Kier alpha value is -1.06. The molecule has 1 atom stereocenters. The molecule has 0 spiro atoms. The standard InChI is InChI=1S/C40H78O4/c1-7-9-11-13-15-17-19-21-22-23-24-26-28-30-32-34-38(41)44-40(36(3)4,39(42)43-37(5)6)35-33-31-29-27-25-20-18-16-14-12-10-8-2/h36-37H,7-35H2,1-6H3. The molecule has 1 unspecified atom stereocenters. The molecule has 0 saturated carbocycles. The number of ether oxygens (including phenoxy) is 2. The molecule has 0 saturated heterocycles. The van der Waals surface area contributed by atoms with Crippen LogP contribution in [0.1, 0.15) is 228 Å². The second-order valence-electron chi connectivity index (χ2n) is 14.3. The van der Waals surface area contributed by atoms with Crippen LogP contribution in [0, 0.1) is 5.92 Å². The fraction of sp³-hybridized carbons (Fsp3) is 0.950. The largest absolute Gasteiger partial charge is 0.460 e. The van der Waals surface area contributed by atoms with Gasteiger partial charge in [-0.05, 0) is 33.1 Å². The van der Waals surface area contributed by atoms with Gasteiger partial charge in [0.15, 0.2) is 0 Å². The van der Waals surface area contributed by atoms with Crippen LogP contribution in [0.5, 0.6) is 0 Å². The van der Waals surface area contributed by atoms with Crippen molar-refractivity contribution in [2.24, 2.45) is 5.92 Å². The van der Waals surface area contributed by atoms with Crippen LogP contribution in [0.2, 0.25) is 0 Å². The normalized spacial score (nSPS) is 13.0. The van der Waals surface area contributed by atoms with E-state index < -0.39 is 5.60 Å². The number of rotatable bonds is 33. The van der Waals surface area contributed by atoms with Gasteiger partial charge in [-0.1, -0.05) is 188 Å². The van der Waals surface area contributed by atoms with E-state index in [1.54, 1.807) is 0 Å². The molecule has 0 aliphatic carbocycles.